The number of ether oxygens (including phenoxy) is 1. The van der Waals surface area contributed by atoms with Crippen LogP contribution < -0.4 is 5.73 Å². The zero-order chi connectivity index (χ0) is 12.8. The first-order chi connectivity index (χ1) is 8.06. The van der Waals surface area contributed by atoms with E-state index >= 15 is 0 Å². The van der Waals surface area contributed by atoms with Crippen molar-refractivity contribution in [2.24, 2.45) is 7.05 Å². The highest BCUT2D eigenvalue weighted by Gasteiger charge is 2.03. The van der Waals surface area contributed by atoms with Crippen LogP contribution in [0.1, 0.15) is 20.8 Å². The minimum absolute atomic E-state index is 0.398. The number of nitrogens with two attached hydrogens (primary N) is 1. The van der Waals surface area contributed by atoms with Crippen LogP contribution in [0.25, 0.3) is 11.2 Å². The molecule has 0 atom stereocenters. The Labute approximate surface area is 101 Å². The van der Waals surface area contributed by atoms with Crippen LogP contribution in [0.3, 0.4) is 0 Å². The van der Waals surface area contributed by atoms with Crippen molar-refractivity contribution < 1.29 is 4.74 Å². The van der Waals surface area contributed by atoms with Crippen LogP contribution in [0.15, 0.2) is 12.7 Å². The summed E-state index contributed by atoms with van der Waals surface area (Å²) in [6, 6.07) is 0. The van der Waals surface area contributed by atoms with Gasteiger partial charge in [-0.25, -0.2) is 15.0 Å². The number of aromatic nitrogens is 4. The summed E-state index contributed by atoms with van der Waals surface area (Å²) < 4.78 is 6.84. The van der Waals surface area contributed by atoms with Crippen molar-refractivity contribution >= 4 is 17.0 Å². The van der Waals surface area contributed by atoms with Crippen molar-refractivity contribution in [2.75, 3.05) is 12.3 Å². The third-order valence-electron chi connectivity index (χ3n) is 2.03. The molecule has 0 aliphatic carbocycles. The third-order valence-corrected chi connectivity index (χ3v) is 2.03. The minimum Gasteiger partial charge on any atom is -0.382 e. The summed E-state index contributed by atoms with van der Waals surface area (Å²) in [5.74, 6) is 0.426. The molecule has 0 aliphatic heterocycles. The van der Waals surface area contributed by atoms with Crippen molar-refractivity contribution in [2.45, 2.75) is 26.9 Å². The molecule has 0 saturated heterocycles. The second-order valence-corrected chi connectivity index (χ2v) is 3.79. The summed E-state index contributed by atoms with van der Waals surface area (Å²) in [4.78, 5) is 11.9. The molecule has 2 rings (SSSR count). The molecule has 0 aromatic carbocycles. The summed E-state index contributed by atoms with van der Waals surface area (Å²) in [6.07, 6.45) is 3.49. The Morgan fingerprint density at radius 2 is 2.06 bits per heavy atom. The fourth-order valence-corrected chi connectivity index (χ4v) is 1.30. The molecule has 2 aromatic heterocycles. The van der Waals surface area contributed by atoms with E-state index in [2.05, 4.69) is 15.0 Å². The molecule has 6 nitrogen and oxygen atoms in total. The second kappa shape index (κ2) is 6.15. The van der Waals surface area contributed by atoms with Gasteiger partial charge in [-0.05, 0) is 20.8 Å². The molecule has 6 heteroatoms. The summed E-state index contributed by atoms with van der Waals surface area (Å²) in [5, 5.41) is 0. The Balaban J connectivity index is 0.000000209. The number of rotatable bonds is 2. The summed E-state index contributed by atoms with van der Waals surface area (Å²) in [5.41, 5.74) is 6.97. The van der Waals surface area contributed by atoms with Gasteiger partial charge in [-0.1, -0.05) is 0 Å². The average molecular weight is 237 g/mol. The highest BCUT2D eigenvalue weighted by molar-refractivity contribution is 5.80. The van der Waals surface area contributed by atoms with E-state index < -0.39 is 0 Å². The van der Waals surface area contributed by atoms with E-state index in [1.54, 1.807) is 10.9 Å². The molecule has 0 amide bonds. The predicted molar refractivity (Wildman–Crippen MR) is 67.5 cm³/mol. The zero-order valence-corrected chi connectivity index (χ0v) is 10.7. The molecule has 0 fully saturated rings. The van der Waals surface area contributed by atoms with E-state index in [9.17, 15) is 0 Å². The van der Waals surface area contributed by atoms with Gasteiger partial charge in [-0.2, -0.15) is 0 Å². The lowest BCUT2D eigenvalue weighted by Gasteiger charge is -2.00. The van der Waals surface area contributed by atoms with Gasteiger partial charge in [0.1, 0.15) is 11.8 Å². The van der Waals surface area contributed by atoms with Gasteiger partial charge < -0.3 is 15.0 Å². The van der Waals surface area contributed by atoms with Crippen molar-refractivity contribution in [3.63, 3.8) is 0 Å². The van der Waals surface area contributed by atoms with Crippen molar-refractivity contribution in [1.29, 1.82) is 0 Å². The average Bonchev–Trinajstić information content (AvgIpc) is 2.63. The molecule has 94 valence electrons. The fourth-order valence-electron chi connectivity index (χ4n) is 1.30. The first-order valence-electron chi connectivity index (χ1n) is 5.55. The normalized spacial score (nSPS) is 10.4. The number of nitrogens with zero attached hydrogens (tertiary/aromatic N) is 4. The van der Waals surface area contributed by atoms with Crippen LogP contribution in [0.5, 0.6) is 0 Å². The summed E-state index contributed by atoms with van der Waals surface area (Å²) in [7, 11) is 1.86. The molecule has 0 aliphatic rings. The maximum Gasteiger partial charge on any atom is 0.165 e. The SMILES string of the molecule is CCOC(C)C.Cn1cnc2c(N)ncnc21. The standard InChI is InChI=1S/C6H7N5.C5H12O/c1-11-3-10-4-5(7)8-2-9-6(4)11;1-4-6-5(2)3/h2-3H,1H3,(H2,7,8,9);5H,4H2,1-3H3. The molecular formula is C11H19N5O. The zero-order valence-electron chi connectivity index (χ0n) is 10.7. The molecule has 17 heavy (non-hydrogen) atoms. The summed E-state index contributed by atoms with van der Waals surface area (Å²) >= 11 is 0. The van der Waals surface area contributed by atoms with Gasteiger partial charge in [0.05, 0.1) is 12.4 Å². The van der Waals surface area contributed by atoms with E-state index in [1.807, 2.05) is 27.8 Å². The van der Waals surface area contributed by atoms with E-state index in [0.29, 0.717) is 17.4 Å². The van der Waals surface area contributed by atoms with Gasteiger partial charge in [-0.15, -0.1) is 0 Å². The Bertz CT molecular complexity index is 466. The lowest BCUT2D eigenvalue weighted by molar-refractivity contribution is 0.0899. The largest absolute Gasteiger partial charge is 0.382 e. The third kappa shape index (κ3) is 3.67. The van der Waals surface area contributed by atoms with Crippen LogP contribution in [0.4, 0.5) is 5.82 Å². The van der Waals surface area contributed by atoms with Gasteiger partial charge in [0.2, 0.25) is 0 Å². The molecule has 2 aromatic rings. The Hall–Kier alpha value is -1.69. The Morgan fingerprint density at radius 3 is 2.53 bits per heavy atom. The lowest BCUT2D eigenvalue weighted by atomic mass is 10.5. The lowest BCUT2D eigenvalue weighted by Crippen LogP contribution is -1.99. The molecule has 2 N–H and O–H groups in total. The highest BCUT2D eigenvalue weighted by atomic mass is 16.5. The predicted octanol–water partition coefficient (Wildman–Crippen LogP) is 1.38. The van der Waals surface area contributed by atoms with Crippen molar-refractivity contribution in [3.8, 4) is 0 Å². The first kappa shape index (κ1) is 13.4. The smallest absolute Gasteiger partial charge is 0.165 e. The number of aryl methyl sites for hydroxylation is 1. The van der Waals surface area contributed by atoms with Gasteiger partial charge in [0.15, 0.2) is 11.5 Å². The topological polar surface area (TPSA) is 78.9 Å². The molecule has 2 heterocycles. The Morgan fingerprint density at radius 1 is 1.35 bits per heavy atom. The molecule has 0 radical (unpaired) electrons. The summed E-state index contributed by atoms with van der Waals surface area (Å²) in [6.45, 7) is 6.89. The number of fused-ring (bicyclic) bond motifs is 1. The maximum absolute atomic E-state index is 5.54. The van der Waals surface area contributed by atoms with Crippen molar-refractivity contribution in [1.82, 2.24) is 19.5 Å². The number of hydrogen-bond acceptors (Lipinski definition) is 5. The van der Waals surface area contributed by atoms with Gasteiger partial charge in [-0.3, -0.25) is 0 Å². The number of anilines is 1. The molecule has 0 bridgehead atoms. The van der Waals surface area contributed by atoms with Crippen LogP contribution in [0, 0.1) is 0 Å². The van der Waals surface area contributed by atoms with E-state index in [0.717, 1.165) is 12.3 Å². The highest BCUT2D eigenvalue weighted by Crippen LogP contribution is 2.11. The van der Waals surface area contributed by atoms with Crippen LogP contribution in [-0.2, 0) is 11.8 Å². The Kier molecular flexibility index (Phi) is 4.84. The first-order valence-corrected chi connectivity index (χ1v) is 5.55. The van der Waals surface area contributed by atoms with Crippen LogP contribution >= 0.6 is 0 Å². The molecule has 0 saturated carbocycles. The van der Waals surface area contributed by atoms with Crippen LogP contribution in [0.2, 0.25) is 0 Å². The molecule has 0 spiro atoms. The molecular weight excluding hydrogens is 218 g/mol. The van der Waals surface area contributed by atoms with E-state index in [-0.39, 0.29) is 0 Å². The van der Waals surface area contributed by atoms with Crippen molar-refractivity contribution in [3.05, 3.63) is 12.7 Å². The van der Waals surface area contributed by atoms with Gasteiger partial charge >= 0.3 is 0 Å². The van der Waals surface area contributed by atoms with Crippen LogP contribution in [-0.4, -0.2) is 32.2 Å². The quantitative estimate of drug-likeness (QED) is 0.853. The second-order valence-electron chi connectivity index (χ2n) is 3.79. The van der Waals surface area contributed by atoms with Gasteiger partial charge in [0, 0.05) is 13.7 Å². The number of hydrogen-bond donors (Lipinski definition) is 1. The van der Waals surface area contributed by atoms with E-state index in [1.165, 1.54) is 6.33 Å². The minimum atomic E-state index is 0.398. The molecule has 0 unspecified atom stereocenters. The number of nitrogen functional groups attached to an aromatic ring is 1. The maximum atomic E-state index is 5.54. The fraction of sp³-hybridized carbons (Fsp3) is 0.545. The van der Waals surface area contributed by atoms with E-state index in [4.69, 9.17) is 10.5 Å². The monoisotopic (exact) mass is 237 g/mol. The van der Waals surface area contributed by atoms with Gasteiger partial charge in [0.25, 0.3) is 0 Å². The number of imidazole rings is 1.